The molecule has 1 amide bonds. The van der Waals surface area contributed by atoms with E-state index in [9.17, 15) is 4.79 Å². The van der Waals surface area contributed by atoms with Crippen molar-refractivity contribution in [2.45, 2.75) is 32.2 Å². The van der Waals surface area contributed by atoms with E-state index in [1.165, 1.54) is 12.2 Å². The van der Waals surface area contributed by atoms with Gasteiger partial charge in [0.2, 0.25) is 5.91 Å². The van der Waals surface area contributed by atoms with E-state index in [1.54, 1.807) is 13.2 Å². The van der Waals surface area contributed by atoms with Crippen LogP contribution < -0.4 is 21.3 Å². The smallest absolute Gasteiger partial charge is 0.222 e. The van der Waals surface area contributed by atoms with Crippen LogP contribution in [-0.4, -0.2) is 55.5 Å². The molecule has 1 atom stereocenters. The maximum atomic E-state index is 11.6. The van der Waals surface area contributed by atoms with Gasteiger partial charge in [-0.3, -0.25) is 9.79 Å². The third-order valence-corrected chi connectivity index (χ3v) is 5.43. The lowest BCUT2D eigenvalue weighted by molar-refractivity contribution is -0.122. The highest BCUT2D eigenvalue weighted by atomic mass is 127. The average molecular weight is 520 g/mol. The molecule has 1 aromatic rings. The van der Waals surface area contributed by atoms with Crippen LogP contribution >= 0.6 is 35.7 Å². The summed E-state index contributed by atoms with van der Waals surface area (Å²) in [7, 11) is 1.78. The summed E-state index contributed by atoms with van der Waals surface area (Å²) < 4.78 is 0. The van der Waals surface area contributed by atoms with Crippen LogP contribution in [0.1, 0.15) is 31.2 Å². The summed E-state index contributed by atoms with van der Waals surface area (Å²) >= 11 is 1.88. The zero-order valence-corrected chi connectivity index (χ0v) is 20.0. The second-order valence-corrected chi connectivity index (χ2v) is 7.71. The molecule has 1 aliphatic heterocycles. The van der Waals surface area contributed by atoms with Crippen LogP contribution in [0.5, 0.6) is 0 Å². The third-order valence-electron chi connectivity index (χ3n) is 4.73. The number of pyridine rings is 1. The van der Waals surface area contributed by atoms with Gasteiger partial charge < -0.3 is 21.3 Å². The van der Waals surface area contributed by atoms with E-state index in [0.29, 0.717) is 13.1 Å². The average Bonchev–Trinajstić information content (AvgIpc) is 2.70. The molecule has 0 saturated carbocycles. The Morgan fingerprint density at radius 2 is 2.25 bits per heavy atom. The monoisotopic (exact) mass is 520 g/mol. The number of primary amides is 1. The fourth-order valence-electron chi connectivity index (χ4n) is 3.23. The first-order valence-electron chi connectivity index (χ1n) is 9.57. The van der Waals surface area contributed by atoms with Gasteiger partial charge >= 0.3 is 0 Å². The second kappa shape index (κ2) is 13.9. The Morgan fingerprint density at radius 1 is 1.43 bits per heavy atom. The Morgan fingerprint density at radius 3 is 2.96 bits per heavy atom. The van der Waals surface area contributed by atoms with Crippen LogP contribution in [0.25, 0.3) is 0 Å². The zero-order valence-electron chi connectivity index (χ0n) is 16.8. The summed E-state index contributed by atoms with van der Waals surface area (Å²) in [5.74, 6) is 2.59. The predicted molar refractivity (Wildman–Crippen MR) is 130 cm³/mol. The molecule has 1 aliphatic rings. The van der Waals surface area contributed by atoms with Crippen LogP contribution in [-0.2, 0) is 11.3 Å². The van der Waals surface area contributed by atoms with Gasteiger partial charge in [0.1, 0.15) is 5.82 Å². The Bertz CT molecular complexity index is 630. The molecule has 0 spiro atoms. The van der Waals surface area contributed by atoms with Crippen LogP contribution in [0.15, 0.2) is 23.3 Å². The van der Waals surface area contributed by atoms with E-state index in [4.69, 9.17) is 5.73 Å². The molecule has 28 heavy (non-hydrogen) atoms. The highest BCUT2D eigenvalue weighted by Crippen LogP contribution is 2.24. The summed E-state index contributed by atoms with van der Waals surface area (Å²) in [5, 5.41) is 6.72. The fraction of sp³-hybridized carbons (Fsp3) is 0.632. The number of unbranched alkanes of at least 4 members (excludes halogenated alkanes) is 1. The number of nitrogens with zero attached hydrogens (tertiary/aromatic N) is 3. The van der Waals surface area contributed by atoms with Crippen LogP contribution in [0.2, 0.25) is 0 Å². The third kappa shape index (κ3) is 8.02. The van der Waals surface area contributed by atoms with Crippen molar-refractivity contribution in [2.24, 2.45) is 16.6 Å². The van der Waals surface area contributed by atoms with Gasteiger partial charge in [0.05, 0.1) is 5.92 Å². The molecule has 7 nitrogen and oxygen atoms in total. The minimum atomic E-state index is -0.221. The van der Waals surface area contributed by atoms with Crippen molar-refractivity contribution < 1.29 is 4.79 Å². The number of carbonyl (C=O) groups excluding carboxylic acids is 1. The van der Waals surface area contributed by atoms with Crippen LogP contribution in [0, 0.1) is 5.92 Å². The summed E-state index contributed by atoms with van der Waals surface area (Å²) in [5.41, 5.74) is 6.61. The number of anilines is 1. The molecule has 0 aliphatic carbocycles. The molecule has 2 rings (SSSR count). The highest BCUT2D eigenvalue weighted by Gasteiger charge is 2.25. The van der Waals surface area contributed by atoms with Crippen molar-refractivity contribution in [1.29, 1.82) is 0 Å². The van der Waals surface area contributed by atoms with Gasteiger partial charge in [-0.05, 0) is 43.8 Å². The van der Waals surface area contributed by atoms with Gasteiger partial charge in [0.15, 0.2) is 5.96 Å². The Hall–Kier alpha value is -1.23. The van der Waals surface area contributed by atoms with E-state index in [0.717, 1.165) is 49.7 Å². The lowest BCUT2D eigenvalue weighted by atomic mass is 9.97. The molecule has 0 bridgehead atoms. The Balaban J connectivity index is 0.00000392. The molecule has 158 valence electrons. The maximum absolute atomic E-state index is 11.6. The van der Waals surface area contributed by atoms with Crippen molar-refractivity contribution in [3.63, 3.8) is 0 Å². The number of guanidine groups is 1. The largest absolute Gasteiger partial charge is 0.369 e. The van der Waals surface area contributed by atoms with Crippen molar-refractivity contribution >= 4 is 53.4 Å². The van der Waals surface area contributed by atoms with Crippen molar-refractivity contribution in [1.82, 2.24) is 15.6 Å². The van der Waals surface area contributed by atoms with E-state index < -0.39 is 0 Å². The predicted octanol–water partition coefficient (Wildman–Crippen LogP) is 2.21. The quantitative estimate of drug-likeness (QED) is 0.200. The molecule has 0 radical (unpaired) electrons. The van der Waals surface area contributed by atoms with E-state index in [2.05, 4.69) is 37.8 Å². The summed E-state index contributed by atoms with van der Waals surface area (Å²) in [4.78, 5) is 22.6. The molecule has 1 unspecified atom stereocenters. The number of hydrogen-bond acceptors (Lipinski definition) is 5. The Kier molecular flexibility index (Phi) is 12.3. The van der Waals surface area contributed by atoms with Crippen LogP contribution in [0.4, 0.5) is 5.82 Å². The normalized spacial score (nSPS) is 17.0. The van der Waals surface area contributed by atoms with E-state index >= 15 is 0 Å². The molecular formula is C19H33IN6OS. The van der Waals surface area contributed by atoms with Gasteiger partial charge in [-0.2, -0.15) is 11.8 Å². The summed E-state index contributed by atoms with van der Waals surface area (Å²) in [6.07, 6.45) is 8.07. The topological polar surface area (TPSA) is 95.6 Å². The molecule has 2 heterocycles. The number of nitrogens with one attached hydrogen (secondary N) is 2. The molecule has 1 aromatic heterocycles. The first kappa shape index (κ1) is 24.8. The van der Waals surface area contributed by atoms with E-state index in [-0.39, 0.29) is 35.8 Å². The van der Waals surface area contributed by atoms with Gasteiger partial charge in [0.25, 0.3) is 0 Å². The van der Waals surface area contributed by atoms with Crippen molar-refractivity contribution in [3.05, 3.63) is 23.9 Å². The minimum absolute atomic E-state index is 0. The number of halogens is 1. The van der Waals surface area contributed by atoms with Gasteiger partial charge in [-0.25, -0.2) is 4.98 Å². The summed E-state index contributed by atoms with van der Waals surface area (Å²) in [6.45, 7) is 3.08. The lowest BCUT2D eigenvalue weighted by Crippen LogP contribution is -2.42. The first-order chi connectivity index (χ1) is 13.2. The number of amides is 1. The molecule has 0 aromatic carbocycles. The van der Waals surface area contributed by atoms with Crippen molar-refractivity contribution in [2.75, 3.05) is 43.6 Å². The Labute approximate surface area is 189 Å². The molecular weight excluding hydrogens is 487 g/mol. The fourth-order valence-corrected chi connectivity index (χ4v) is 3.73. The standard InChI is InChI=1S/C19H32N6OS.HI/c1-21-19(23-9-3-4-12-27-2)24-13-15-7-5-10-22-18(15)25-11-6-8-16(14-25)17(20)26;/h5,7,10,16H,3-4,6,8-9,11-14H2,1-2H3,(H2,20,26)(H2,21,23,24);1H. The van der Waals surface area contributed by atoms with Gasteiger partial charge in [-0.1, -0.05) is 6.07 Å². The minimum Gasteiger partial charge on any atom is -0.369 e. The zero-order chi connectivity index (χ0) is 19.5. The molecule has 9 heteroatoms. The summed E-state index contributed by atoms with van der Waals surface area (Å²) in [6, 6.07) is 4.00. The van der Waals surface area contributed by atoms with Gasteiger partial charge in [0, 0.05) is 45.0 Å². The SMILES string of the molecule is CN=C(NCCCCSC)NCc1cccnc1N1CCCC(C(N)=O)C1.I. The number of rotatable bonds is 9. The number of nitrogens with two attached hydrogens (primary N) is 1. The van der Waals surface area contributed by atoms with Gasteiger partial charge in [-0.15, -0.1) is 24.0 Å². The second-order valence-electron chi connectivity index (χ2n) is 6.73. The van der Waals surface area contributed by atoms with Crippen LogP contribution in [0.3, 0.4) is 0 Å². The lowest BCUT2D eigenvalue weighted by Gasteiger charge is -2.33. The number of piperidine rings is 1. The first-order valence-corrected chi connectivity index (χ1v) is 11.0. The molecule has 4 N–H and O–H groups in total. The highest BCUT2D eigenvalue weighted by molar-refractivity contribution is 14.0. The number of hydrogen-bond donors (Lipinski definition) is 3. The van der Waals surface area contributed by atoms with E-state index in [1.807, 2.05) is 17.8 Å². The molecule has 1 saturated heterocycles. The van der Waals surface area contributed by atoms with Crippen molar-refractivity contribution in [3.8, 4) is 0 Å². The number of aliphatic imine (C=N–C) groups is 1. The molecule has 1 fully saturated rings. The maximum Gasteiger partial charge on any atom is 0.222 e. The number of thioether (sulfide) groups is 1. The number of aromatic nitrogens is 1. The number of carbonyl (C=O) groups is 1.